The van der Waals surface area contributed by atoms with Crippen LogP contribution in [0.4, 0.5) is 0 Å². The second-order valence-corrected chi connectivity index (χ2v) is 6.41. The van der Waals surface area contributed by atoms with Crippen molar-refractivity contribution < 1.29 is 19.2 Å². The molecule has 3 atom stereocenters. The summed E-state index contributed by atoms with van der Waals surface area (Å²) in [4.78, 5) is 14.2. The van der Waals surface area contributed by atoms with Gasteiger partial charge in [-0.25, -0.2) is 0 Å². The van der Waals surface area contributed by atoms with Gasteiger partial charge in [0, 0.05) is 13.1 Å². The van der Waals surface area contributed by atoms with E-state index in [0.29, 0.717) is 6.42 Å². The first-order valence-corrected chi connectivity index (χ1v) is 8.72. The number of carbonyl (C=O) groups excluding carboxylic acids is 1. The number of carbonyl (C=O) groups is 1. The molecule has 1 aromatic heterocycles. The van der Waals surface area contributed by atoms with Crippen molar-refractivity contribution in [1.82, 2.24) is 10.1 Å². The van der Waals surface area contributed by atoms with Crippen molar-refractivity contribution in [3.63, 3.8) is 0 Å². The number of ether oxygens (including phenoxy) is 1. The van der Waals surface area contributed by atoms with Crippen molar-refractivity contribution in [2.24, 2.45) is 0 Å². The van der Waals surface area contributed by atoms with E-state index in [4.69, 9.17) is 9.26 Å². The van der Waals surface area contributed by atoms with E-state index in [1.807, 2.05) is 37.3 Å². The van der Waals surface area contributed by atoms with Crippen molar-refractivity contribution in [3.8, 4) is 5.75 Å². The summed E-state index contributed by atoms with van der Waals surface area (Å²) in [6, 6.07) is 10.8. The SMILES string of the molecule is CCc1cc(C(=O)N(C)[C@@H]2CCC[C@H](Oc3ccccc3)[C@H]2O)on1. The summed E-state index contributed by atoms with van der Waals surface area (Å²) in [5, 5.41) is 14.6. The number of amides is 1. The van der Waals surface area contributed by atoms with Crippen LogP contribution in [0.1, 0.15) is 42.4 Å². The van der Waals surface area contributed by atoms with Gasteiger partial charge in [-0.1, -0.05) is 30.3 Å². The molecule has 3 rings (SSSR count). The quantitative estimate of drug-likeness (QED) is 0.902. The molecule has 0 bridgehead atoms. The Morgan fingerprint density at radius 3 is 2.80 bits per heavy atom. The number of para-hydroxylation sites is 1. The maximum absolute atomic E-state index is 12.6. The van der Waals surface area contributed by atoms with Crippen LogP contribution >= 0.6 is 0 Å². The molecule has 1 aliphatic rings. The molecule has 0 aliphatic heterocycles. The molecule has 134 valence electrons. The maximum atomic E-state index is 12.6. The Labute approximate surface area is 147 Å². The molecule has 1 N–H and O–H groups in total. The second kappa shape index (κ2) is 7.70. The Kier molecular flexibility index (Phi) is 5.38. The molecule has 1 aromatic carbocycles. The van der Waals surface area contributed by atoms with Crippen molar-refractivity contribution >= 4 is 5.91 Å². The number of aromatic nitrogens is 1. The summed E-state index contributed by atoms with van der Waals surface area (Å²) in [6.45, 7) is 1.95. The highest BCUT2D eigenvalue weighted by atomic mass is 16.5. The molecule has 0 saturated heterocycles. The van der Waals surface area contributed by atoms with Crippen LogP contribution in [0.2, 0.25) is 0 Å². The van der Waals surface area contributed by atoms with Crippen LogP contribution in [0.25, 0.3) is 0 Å². The molecular formula is C19H24N2O4. The van der Waals surface area contributed by atoms with E-state index in [2.05, 4.69) is 5.16 Å². The van der Waals surface area contributed by atoms with E-state index in [9.17, 15) is 9.90 Å². The lowest BCUT2D eigenvalue weighted by molar-refractivity contribution is -0.0419. The van der Waals surface area contributed by atoms with Crippen LogP contribution in [0.5, 0.6) is 5.75 Å². The van der Waals surface area contributed by atoms with Crippen LogP contribution in [0.3, 0.4) is 0 Å². The monoisotopic (exact) mass is 344 g/mol. The molecule has 0 unspecified atom stereocenters. The molecule has 1 amide bonds. The smallest absolute Gasteiger partial charge is 0.292 e. The van der Waals surface area contributed by atoms with Crippen molar-refractivity contribution in [3.05, 3.63) is 47.9 Å². The third-order valence-electron chi connectivity index (χ3n) is 4.74. The predicted octanol–water partition coefficient (Wildman–Crippen LogP) is 2.67. The minimum atomic E-state index is -0.753. The molecule has 0 spiro atoms. The van der Waals surface area contributed by atoms with Crippen molar-refractivity contribution in [2.45, 2.75) is 50.9 Å². The van der Waals surface area contributed by atoms with E-state index < -0.39 is 6.10 Å². The fourth-order valence-electron chi connectivity index (χ4n) is 3.25. The number of aliphatic hydroxyl groups is 1. The molecule has 6 heteroatoms. The van der Waals surface area contributed by atoms with Gasteiger partial charge in [-0.2, -0.15) is 0 Å². The zero-order chi connectivity index (χ0) is 17.8. The molecule has 0 radical (unpaired) electrons. The molecular weight excluding hydrogens is 320 g/mol. The lowest BCUT2D eigenvalue weighted by atomic mass is 9.88. The first-order chi connectivity index (χ1) is 12.1. The Morgan fingerprint density at radius 2 is 2.12 bits per heavy atom. The highest BCUT2D eigenvalue weighted by Gasteiger charge is 2.38. The van der Waals surface area contributed by atoms with Gasteiger partial charge in [0.15, 0.2) is 0 Å². The van der Waals surface area contributed by atoms with Gasteiger partial charge in [0.1, 0.15) is 18.0 Å². The topological polar surface area (TPSA) is 75.8 Å². The van der Waals surface area contributed by atoms with Crippen molar-refractivity contribution in [2.75, 3.05) is 7.05 Å². The lowest BCUT2D eigenvalue weighted by Gasteiger charge is -2.39. The number of aryl methyl sites for hydroxylation is 1. The number of likely N-dealkylation sites (N-methyl/N-ethyl adjacent to an activating group) is 1. The zero-order valence-electron chi connectivity index (χ0n) is 14.6. The number of rotatable bonds is 5. The average molecular weight is 344 g/mol. The third-order valence-corrected chi connectivity index (χ3v) is 4.74. The summed E-state index contributed by atoms with van der Waals surface area (Å²) < 4.78 is 11.1. The lowest BCUT2D eigenvalue weighted by Crippen LogP contribution is -2.53. The van der Waals surface area contributed by atoms with Gasteiger partial charge in [0.05, 0.1) is 11.7 Å². The van der Waals surface area contributed by atoms with Crippen LogP contribution in [-0.2, 0) is 6.42 Å². The van der Waals surface area contributed by atoms with Crippen LogP contribution < -0.4 is 4.74 Å². The number of hydrogen-bond donors (Lipinski definition) is 1. The normalized spacial score (nSPS) is 23.2. The predicted molar refractivity (Wildman–Crippen MR) is 92.5 cm³/mol. The van der Waals surface area contributed by atoms with Gasteiger partial charge in [-0.05, 0) is 37.8 Å². The Hall–Kier alpha value is -2.34. The summed E-state index contributed by atoms with van der Waals surface area (Å²) in [6.07, 6.45) is 1.99. The number of hydrogen-bond acceptors (Lipinski definition) is 5. The van der Waals surface area contributed by atoms with Gasteiger partial charge in [0.2, 0.25) is 5.76 Å². The first kappa shape index (κ1) is 17.5. The molecule has 25 heavy (non-hydrogen) atoms. The summed E-state index contributed by atoms with van der Waals surface area (Å²) in [5.41, 5.74) is 0.742. The molecule has 1 heterocycles. The average Bonchev–Trinajstić information content (AvgIpc) is 3.12. The molecule has 1 aliphatic carbocycles. The van der Waals surface area contributed by atoms with Crippen LogP contribution in [-0.4, -0.2) is 46.4 Å². The molecule has 6 nitrogen and oxygen atoms in total. The van der Waals surface area contributed by atoms with Gasteiger partial charge < -0.3 is 19.3 Å². The Bertz CT molecular complexity index is 700. The second-order valence-electron chi connectivity index (χ2n) is 6.41. The van der Waals surface area contributed by atoms with E-state index in [1.54, 1.807) is 18.0 Å². The fourth-order valence-corrected chi connectivity index (χ4v) is 3.25. The number of aliphatic hydroxyl groups excluding tert-OH is 1. The van der Waals surface area contributed by atoms with E-state index in [0.717, 1.165) is 30.7 Å². The van der Waals surface area contributed by atoms with Gasteiger partial charge in [0.25, 0.3) is 5.91 Å². The van der Waals surface area contributed by atoms with Crippen molar-refractivity contribution in [1.29, 1.82) is 0 Å². The Morgan fingerprint density at radius 1 is 1.36 bits per heavy atom. The standard InChI is InChI=1S/C19H24N2O4/c1-3-13-12-17(25-20-13)19(23)21(2)15-10-7-11-16(18(15)22)24-14-8-5-4-6-9-14/h4-6,8-9,12,15-16,18,22H,3,7,10-11H2,1-2H3/t15-,16+,18+/m1/s1. The van der Waals surface area contributed by atoms with E-state index in [-0.39, 0.29) is 23.8 Å². The molecule has 1 saturated carbocycles. The molecule has 1 fully saturated rings. The summed E-state index contributed by atoms with van der Waals surface area (Å²) in [5.74, 6) is 0.665. The molecule has 2 aromatic rings. The fraction of sp³-hybridized carbons (Fsp3) is 0.474. The summed E-state index contributed by atoms with van der Waals surface area (Å²) in [7, 11) is 1.69. The van der Waals surface area contributed by atoms with Crippen LogP contribution in [0.15, 0.2) is 40.9 Å². The van der Waals surface area contributed by atoms with E-state index >= 15 is 0 Å². The first-order valence-electron chi connectivity index (χ1n) is 8.72. The van der Waals surface area contributed by atoms with Gasteiger partial charge >= 0.3 is 0 Å². The third kappa shape index (κ3) is 3.85. The van der Waals surface area contributed by atoms with Gasteiger partial charge in [-0.15, -0.1) is 0 Å². The highest BCUT2D eigenvalue weighted by Crippen LogP contribution is 2.27. The highest BCUT2D eigenvalue weighted by molar-refractivity contribution is 5.91. The Balaban J connectivity index is 1.69. The maximum Gasteiger partial charge on any atom is 0.292 e. The van der Waals surface area contributed by atoms with Gasteiger partial charge in [-0.3, -0.25) is 4.79 Å². The summed E-state index contributed by atoms with van der Waals surface area (Å²) >= 11 is 0. The zero-order valence-corrected chi connectivity index (χ0v) is 14.6. The number of nitrogens with zero attached hydrogens (tertiary/aromatic N) is 2. The number of benzene rings is 1. The van der Waals surface area contributed by atoms with E-state index in [1.165, 1.54) is 0 Å². The van der Waals surface area contributed by atoms with Crippen LogP contribution in [0, 0.1) is 0 Å². The minimum Gasteiger partial charge on any atom is -0.488 e. The minimum absolute atomic E-state index is 0.206. The largest absolute Gasteiger partial charge is 0.488 e.